The second-order valence-electron chi connectivity index (χ2n) is 19.8. The van der Waals surface area contributed by atoms with Crippen LogP contribution in [-0.2, 0) is 28.6 Å². The van der Waals surface area contributed by atoms with Crippen LogP contribution >= 0.6 is 0 Å². The van der Waals surface area contributed by atoms with Crippen LogP contribution in [0.5, 0.6) is 0 Å². The molecule has 0 aliphatic carbocycles. The van der Waals surface area contributed by atoms with Gasteiger partial charge in [0.2, 0.25) is 0 Å². The Morgan fingerprint density at radius 2 is 0.848 bits per heavy atom. The second kappa shape index (κ2) is 48.7. The SMILES string of the molecule is CC/C=C/C/C=C/C/C=C/C/C=C/CCCCCCCCCCCCC(=O)OCC(COCCC(C(=O)[O-])[N+](C)(C)C)OC(=O)CCCCCCCCCCCCCCCCCCCCC. The van der Waals surface area contributed by atoms with Gasteiger partial charge in [-0.05, 0) is 51.4 Å². The Balaban J connectivity index is 4.18. The number of likely N-dealkylation sites (N-methyl/N-ethyl adjacent to an activating group) is 1. The molecule has 8 heteroatoms. The van der Waals surface area contributed by atoms with Crippen molar-refractivity contribution in [3.05, 3.63) is 48.6 Å². The Morgan fingerprint density at radius 1 is 0.470 bits per heavy atom. The molecule has 0 saturated heterocycles. The third-order valence-corrected chi connectivity index (χ3v) is 12.5. The van der Waals surface area contributed by atoms with Crippen molar-refractivity contribution in [2.75, 3.05) is 41.0 Å². The lowest BCUT2D eigenvalue weighted by atomic mass is 10.0. The largest absolute Gasteiger partial charge is 0.544 e. The molecule has 66 heavy (non-hydrogen) atoms. The van der Waals surface area contributed by atoms with Crippen molar-refractivity contribution >= 4 is 17.9 Å². The van der Waals surface area contributed by atoms with E-state index in [1.807, 2.05) is 21.1 Å². The molecule has 0 N–H and O–H groups in total. The summed E-state index contributed by atoms with van der Waals surface area (Å²) in [6, 6.07) is -0.726. The van der Waals surface area contributed by atoms with E-state index in [1.165, 1.54) is 154 Å². The summed E-state index contributed by atoms with van der Waals surface area (Å²) in [4.78, 5) is 37.1. The van der Waals surface area contributed by atoms with Crippen LogP contribution in [0.4, 0.5) is 0 Å². The summed E-state index contributed by atoms with van der Waals surface area (Å²) in [5.74, 6) is -1.72. The van der Waals surface area contributed by atoms with Gasteiger partial charge in [-0.2, -0.15) is 0 Å². The van der Waals surface area contributed by atoms with Gasteiger partial charge >= 0.3 is 11.9 Å². The maximum atomic E-state index is 12.8. The van der Waals surface area contributed by atoms with Crippen LogP contribution in [0.2, 0.25) is 0 Å². The van der Waals surface area contributed by atoms with Crippen LogP contribution in [0.1, 0.15) is 251 Å². The fourth-order valence-electron chi connectivity index (χ4n) is 8.24. The normalized spacial score (nSPS) is 13.2. The predicted molar refractivity (Wildman–Crippen MR) is 277 cm³/mol. The van der Waals surface area contributed by atoms with Gasteiger partial charge in [0.05, 0.1) is 40.3 Å². The van der Waals surface area contributed by atoms with Crippen molar-refractivity contribution in [2.24, 2.45) is 0 Å². The summed E-state index contributed by atoms with van der Waals surface area (Å²) in [7, 11) is 5.43. The fourth-order valence-corrected chi connectivity index (χ4v) is 8.24. The van der Waals surface area contributed by atoms with Gasteiger partial charge in [0.25, 0.3) is 0 Å². The average molecular weight is 928 g/mol. The first-order chi connectivity index (χ1) is 32.1. The molecule has 0 amide bonds. The topological polar surface area (TPSA) is 102 Å². The van der Waals surface area contributed by atoms with Crippen LogP contribution in [0.3, 0.4) is 0 Å². The van der Waals surface area contributed by atoms with Gasteiger partial charge < -0.3 is 28.6 Å². The average Bonchev–Trinajstić information content (AvgIpc) is 3.28. The molecular weight excluding hydrogens is 823 g/mol. The lowest BCUT2D eigenvalue weighted by Crippen LogP contribution is -2.55. The maximum Gasteiger partial charge on any atom is 0.306 e. The van der Waals surface area contributed by atoms with Crippen LogP contribution in [0, 0.1) is 0 Å². The second-order valence-corrected chi connectivity index (χ2v) is 19.8. The molecule has 0 bridgehead atoms. The van der Waals surface area contributed by atoms with Crippen molar-refractivity contribution in [2.45, 2.75) is 264 Å². The van der Waals surface area contributed by atoms with Crippen molar-refractivity contribution in [3.63, 3.8) is 0 Å². The molecule has 0 fully saturated rings. The summed E-state index contributed by atoms with van der Waals surface area (Å²) in [5.41, 5.74) is 0. The minimum atomic E-state index is -1.12. The van der Waals surface area contributed by atoms with E-state index in [-0.39, 0.29) is 42.7 Å². The smallest absolute Gasteiger partial charge is 0.306 e. The van der Waals surface area contributed by atoms with Crippen LogP contribution in [-0.4, -0.2) is 75.5 Å². The molecule has 2 atom stereocenters. The van der Waals surface area contributed by atoms with Crippen LogP contribution < -0.4 is 5.11 Å². The number of ether oxygens (including phenoxy) is 3. The van der Waals surface area contributed by atoms with Gasteiger partial charge in [0.1, 0.15) is 12.6 Å². The number of unbranched alkanes of at least 4 members (excludes halogenated alkanes) is 28. The van der Waals surface area contributed by atoms with E-state index in [0.29, 0.717) is 12.8 Å². The third-order valence-electron chi connectivity index (χ3n) is 12.5. The van der Waals surface area contributed by atoms with Crippen molar-refractivity contribution in [1.29, 1.82) is 0 Å². The fraction of sp³-hybridized carbons (Fsp3) is 0.810. The zero-order chi connectivity index (χ0) is 48.4. The maximum absolute atomic E-state index is 12.8. The molecule has 2 unspecified atom stereocenters. The number of aliphatic carboxylic acids is 1. The molecule has 0 aliphatic heterocycles. The number of esters is 2. The van der Waals surface area contributed by atoms with E-state index in [1.54, 1.807) is 0 Å². The number of carboxylic acid groups (broad SMARTS) is 1. The third kappa shape index (κ3) is 46.4. The molecule has 0 radical (unpaired) electrons. The van der Waals surface area contributed by atoms with Gasteiger partial charge in [-0.1, -0.05) is 229 Å². The van der Waals surface area contributed by atoms with E-state index in [9.17, 15) is 19.5 Å². The van der Waals surface area contributed by atoms with Crippen molar-refractivity contribution in [1.82, 2.24) is 0 Å². The molecule has 0 rings (SSSR count). The first kappa shape index (κ1) is 63.3. The van der Waals surface area contributed by atoms with Crippen molar-refractivity contribution < 1.29 is 38.2 Å². The number of carboxylic acids is 1. The number of hydrogen-bond acceptors (Lipinski definition) is 7. The highest BCUT2D eigenvalue weighted by Crippen LogP contribution is 2.17. The first-order valence-electron chi connectivity index (χ1n) is 27.7. The van der Waals surface area contributed by atoms with E-state index in [0.717, 1.165) is 64.2 Å². The highest BCUT2D eigenvalue weighted by molar-refractivity contribution is 5.70. The Labute approximate surface area is 407 Å². The van der Waals surface area contributed by atoms with Gasteiger partial charge in [0.15, 0.2) is 6.10 Å². The summed E-state index contributed by atoms with van der Waals surface area (Å²) in [6.45, 7) is 4.59. The van der Waals surface area contributed by atoms with E-state index in [4.69, 9.17) is 14.2 Å². The number of quaternary nitrogens is 1. The van der Waals surface area contributed by atoms with Gasteiger partial charge in [-0.25, -0.2) is 0 Å². The molecule has 0 aromatic rings. The first-order valence-corrected chi connectivity index (χ1v) is 27.7. The Morgan fingerprint density at radius 3 is 1.26 bits per heavy atom. The van der Waals surface area contributed by atoms with Crippen molar-refractivity contribution in [3.8, 4) is 0 Å². The number of allylic oxidation sites excluding steroid dienone is 8. The number of rotatable bonds is 50. The number of carbonyl (C=O) groups is 3. The van der Waals surface area contributed by atoms with E-state index >= 15 is 0 Å². The highest BCUT2D eigenvalue weighted by atomic mass is 16.6. The molecule has 384 valence electrons. The van der Waals surface area contributed by atoms with Gasteiger partial charge in [-0.3, -0.25) is 9.59 Å². The standard InChI is InChI=1S/C58H105NO7/c1-6-8-10-12-14-16-18-20-22-24-26-27-28-29-31-32-34-36-38-40-42-44-46-48-56(60)65-53-54(52-64-51-50-55(58(62)63)59(3,4)5)66-57(61)49-47-45-43-41-39-37-35-33-30-25-23-21-19-17-15-13-11-9-7-2/h8,10,14,16,20,22,26-27,54-55H,6-7,9,11-13,15,17-19,21,23-25,28-53H2,1-5H3/b10-8+,16-14+,22-20+,27-26+. The lowest BCUT2D eigenvalue weighted by molar-refractivity contribution is -0.889. The number of nitrogens with zero attached hydrogens (tertiary/aromatic N) is 1. The van der Waals surface area contributed by atoms with Crippen LogP contribution in [0.25, 0.3) is 0 Å². The number of hydrogen-bond donors (Lipinski definition) is 0. The minimum Gasteiger partial charge on any atom is -0.544 e. The Kier molecular flexibility index (Phi) is 46.7. The van der Waals surface area contributed by atoms with Gasteiger partial charge in [0, 0.05) is 19.3 Å². The monoisotopic (exact) mass is 928 g/mol. The van der Waals surface area contributed by atoms with Gasteiger partial charge in [-0.15, -0.1) is 0 Å². The molecular formula is C58H105NO7. The minimum absolute atomic E-state index is 0.0421. The Hall–Kier alpha value is -2.71. The molecule has 0 aliphatic rings. The van der Waals surface area contributed by atoms with E-state index < -0.39 is 18.1 Å². The highest BCUT2D eigenvalue weighted by Gasteiger charge is 2.25. The molecule has 0 aromatic carbocycles. The Bertz CT molecular complexity index is 1220. The quantitative estimate of drug-likeness (QED) is 0.0259. The molecule has 8 nitrogen and oxygen atoms in total. The zero-order valence-electron chi connectivity index (χ0n) is 43.9. The molecule has 0 heterocycles. The molecule has 0 aromatic heterocycles. The van der Waals surface area contributed by atoms with E-state index in [2.05, 4.69) is 62.5 Å². The zero-order valence-corrected chi connectivity index (χ0v) is 43.9. The predicted octanol–water partition coefficient (Wildman–Crippen LogP) is 15.0. The number of carbonyl (C=O) groups excluding carboxylic acids is 3. The summed E-state index contributed by atoms with van der Waals surface area (Å²) in [6.07, 6.45) is 60.0. The lowest BCUT2D eigenvalue weighted by Gasteiger charge is -2.34. The summed E-state index contributed by atoms with van der Waals surface area (Å²) < 4.78 is 17.3. The summed E-state index contributed by atoms with van der Waals surface area (Å²) >= 11 is 0. The summed E-state index contributed by atoms with van der Waals surface area (Å²) in [5, 5.41) is 11.7. The molecule has 0 spiro atoms. The van der Waals surface area contributed by atoms with Crippen LogP contribution in [0.15, 0.2) is 48.6 Å². The molecule has 0 saturated carbocycles.